The van der Waals surface area contributed by atoms with Crippen molar-refractivity contribution < 1.29 is 14.3 Å². The molecule has 2 amide bonds. The Balaban J connectivity index is 1.12. The van der Waals surface area contributed by atoms with Gasteiger partial charge in [0.1, 0.15) is 11.8 Å². The van der Waals surface area contributed by atoms with Gasteiger partial charge in [-0.2, -0.15) is 0 Å². The third-order valence-electron chi connectivity index (χ3n) is 7.63. The maximum absolute atomic E-state index is 13.2. The number of amides is 2. The minimum Gasteiger partial charge on any atom is -0.497 e. The van der Waals surface area contributed by atoms with E-state index < -0.39 is 0 Å². The summed E-state index contributed by atoms with van der Waals surface area (Å²) >= 11 is 0. The largest absolute Gasteiger partial charge is 0.497 e. The van der Waals surface area contributed by atoms with E-state index in [4.69, 9.17) is 4.74 Å². The highest BCUT2D eigenvalue weighted by Gasteiger charge is 2.40. The van der Waals surface area contributed by atoms with E-state index >= 15 is 0 Å². The van der Waals surface area contributed by atoms with E-state index in [1.54, 1.807) is 18.2 Å². The van der Waals surface area contributed by atoms with Gasteiger partial charge in [-0.05, 0) is 49.1 Å². The van der Waals surface area contributed by atoms with Crippen molar-refractivity contribution in [2.24, 2.45) is 0 Å². The van der Waals surface area contributed by atoms with Crippen LogP contribution in [0.15, 0.2) is 54.9 Å². The van der Waals surface area contributed by atoms with Crippen LogP contribution in [0.25, 0.3) is 0 Å². The highest BCUT2D eigenvalue weighted by molar-refractivity contribution is 5.85. The quantitative estimate of drug-likeness (QED) is 0.673. The monoisotopic (exact) mass is 489 g/mol. The second-order valence-electron chi connectivity index (χ2n) is 9.83. The van der Waals surface area contributed by atoms with Crippen molar-refractivity contribution in [1.29, 1.82) is 0 Å². The molecule has 0 spiro atoms. The van der Waals surface area contributed by atoms with Gasteiger partial charge in [-0.15, -0.1) is 0 Å². The number of piperazine rings is 1. The maximum atomic E-state index is 13.2. The summed E-state index contributed by atoms with van der Waals surface area (Å²) in [5, 5.41) is 1.91. The molecular formula is C28H35N5O3. The standard InChI is InChI=1S/C28H35N5O3/c1-20-7-8-22(17-21(20)2)25-19-26-28(35)32(15-16-33(26)29-25)10-9-27(34)31-13-11-30(12-14-31)23-5-4-6-24(18-23)36-3/h4-8,15-18,25-26,29H,9-14,19H2,1-3H3. The molecule has 1 N–H and O–H groups in total. The lowest BCUT2D eigenvalue weighted by Gasteiger charge is -2.37. The summed E-state index contributed by atoms with van der Waals surface area (Å²) in [6.45, 7) is 7.55. The molecule has 8 nitrogen and oxygen atoms in total. The number of hydrogen-bond acceptors (Lipinski definition) is 6. The number of methoxy groups -OCH3 is 1. The number of carbonyl (C=O) groups is 2. The maximum Gasteiger partial charge on any atom is 0.250 e. The van der Waals surface area contributed by atoms with E-state index in [2.05, 4.69) is 48.4 Å². The topological polar surface area (TPSA) is 68.4 Å². The van der Waals surface area contributed by atoms with Crippen molar-refractivity contribution in [3.8, 4) is 5.75 Å². The van der Waals surface area contributed by atoms with Crippen LogP contribution in [-0.2, 0) is 9.59 Å². The first kappa shape index (κ1) is 24.2. The summed E-state index contributed by atoms with van der Waals surface area (Å²) in [5.74, 6) is 0.982. The number of nitrogens with zero attached hydrogens (tertiary/aromatic N) is 4. The van der Waals surface area contributed by atoms with Crippen LogP contribution in [0.3, 0.4) is 0 Å². The lowest BCUT2D eigenvalue weighted by molar-refractivity contribution is -0.136. The molecule has 2 fully saturated rings. The van der Waals surface area contributed by atoms with E-state index in [1.807, 2.05) is 34.3 Å². The Morgan fingerprint density at radius 1 is 1.03 bits per heavy atom. The van der Waals surface area contributed by atoms with Gasteiger partial charge in [0.25, 0.3) is 5.91 Å². The Morgan fingerprint density at radius 3 is 2.58 bits per heavy atom. The van der Waals surface area contributed by atoms with Crippen molar-refractivity contribution in [1.82, 2.24) is 20.2 Å². The van der Waals surface area contributed by atoms with Gasteiger partial charge in [-0.1, -0.05) is 24.3 Å². The minimum absolute atomic E-state index is 0.0481. The number of ether oxygens (including phenoxy) is 1. The third-order valence-corrected chi connectivity index (χ3v) is 7.63. The second-order valence-corrected chi connectivity index (χ2v) is 9.83. The zero-order chi connectivity index (χ0) is 25.2. The van der Waals surface area contributed by atoms with Crippen LogP contribution >= 0.6 is 0 Å². The molecule has 0 bridgehead atoms. The molecule has 3 aliphatic heterocycles. The van der Waals surface area contributed by atoms with Gasteiger partial charge in [0, 0.05) is 63.3 Å². The lowest BCUT2D eigenvalue weighted by Crippen LogP contribution is -2.50. The molecule has 0 radical (unpaired) electrons. The van der Waals surface area contributed by atoms with E-state index in [1.165, 1.54) is 16.7 Å². The number of carbonyl (C=O) groups excluding carboxylic acids is 2. The van der Waals surface area contributed by atoms with Crippen LogP contribution in [0.4, 0.5) is 5.69 Å². The van der Waals surface area contributed by atoms with Crippen LogP contribution in [0, 0.1) is 13.8 Å². The summed E-state index contributed by atoms with van der Waals surface area (Å²) in [4.78, 5) is 32.0. The van der Waals surface area contributed by atoms with Crippen molar-refractivity contribution in [3.05, 3.63) is 71.6 Å². The van der Waals surface area contributed by atoms with Gasteiger partial charge in [-0.3, -0.25) is 9.59 Å². The zero-order valence-electron chi connectivity index (χ0n) is 21.3. The SMILES string of the molecule is COc1cccc(N2CCN(C(=O)CCN3C=CN4NC(c5ccc(C)c(C)c5)CC4C3=O)CC2)c1. The van der Waals surface area contributed by atoms with Gasteiger partial charge in [0.15, 0.2) is 0 Å². The smallest absolute Gasteiger partial charge is 0.250 e. The Hall–Kier alpha value is -3.52. The minimum atomic E-state index is -0.247. The summed E-state index contributed by atoms with van der Waals surface area (Å²) in [6.07, 6.45) is 4.76. The summed E-state index contributed by atoms with van der Waals surface area (Å²) in [5.41, 5.74) is 8.29. The van der Waals surface area contributed by atoms with Gasteiger partial charge >= 0.3 is 0 Å². The van der Waals surface area contributed by atoms with Crippen molar-refractivity contribution in [2.75, 3.05) is 44.7 Å². The summed E-state index contributed by atoms with van der Waals surface area (Å²) < 4.78 is 5.33. The average Bonchev–Trinajstić information content (AvgIpc) is 3.35. The predicted octanol–water partition coefficient (Wildman–Crippen LogP) is 2.98. The molecule has 190 valence electrons. The molecular weight excluding hydrogens is 454 g/mol. The molecule has 0 aromatic heterocycles. The molecule has 2 unspecified atom stereocenters. The number of hydrogen-bond donors (Lipinski definition) is 1. The number of benzene rings is 2. The van der Waals surface area contributed by atoms with Gasteiger partial charge in [0.2, 0.25) is 5.91 Å². The predicted molar refractivity (Wildman–Crippen MR) is 139 cm³/mol. The lowest BCUT2D eigenvalue weighted by atomic mass is 9.97. The zero-order valence-corrected chi connectivity index (χ0v) is 21.3. The summed E-state index contributed by atoms with van der Waals surface area (Å²) in [6, 6.07) is 14.3. The van der Waals surface area contributed by atoms with Crippen LogP contribution in [0.5, 0.6) is 5.75 Å². The summed E-state index contributed by atoms with van der Waals surface area (Å²) in [7, 11) is 1.67. The van der Waals surface area contributed by atoms with E-state index in [0.29, 0.717) is 32.5 Å². The molecule has 0 saturated carbocycles. The molecule has 2 aromatic carbocycles. The normalized spacial score (nSPS) is 21.7. The molecule has 2 aromatic rings. The molecule has 2 atom stereocenters. The Morgan fingerprint density at radius 2 is 1.83 bits per heavy atom. The highest BCUT2D eigenvalue weighted by Crippen LogP contribution is 2.31. The van der Waals surface area contributed by atoms with Crippen LogP contribution < -0.4 is 15.1 Å². The Bertz CT molecular complexity index is 1160. The molecule has 3 heterocycles. The fraction of sp³-hybridized carbons (Fsp3) is 0.429. The Labute approximate surface area is 213 Å². The van der Waals surface area contributed by atoms with Crippen LogP contribution in [0.1, 0.15) is 35.6 Å². The first-order valence-electron chi connectivity index (χ1n) is 12.7. The molecule has 2 saturated heterocycles. The Kier molecular flexibility index (Phi) is 6.87. The van der Waals surface area contributed by atoms with Gasteiger partial charge in [-0.25, -0.2) is 5.43 Å². The number of rotatable bonds is 6. The van der Waals surface area contributed by atoms with Crippen molar-refractivity contribution in [2.45, 2.75) is 38.8 Å². The van der Waals surface area contributed by atoms with Crippen LogP contribution in [-0.4, -0.2) is 72.5 Å². The van der Waals surface area contributed by atoms with E-state index in [9.17, 15) is 9.59 Å². The number of nitrogens with one attached hydrogen (secondary N) is 1. The highest BCUT2D eigenvalue weighted by atomic mass is 16.5. The fourth-order valence-electron chi connectivity index (χ4n) is 5.22. The number of fused-ring (bicyclic) bond motifs is 1. The molecule has 3 aliphatic rings. The van der Waals surface area contributed by atoms with E-state index in [0.717, 1.165) is 24.5 Å². The van der Waals surface area contributed by atoms with Crippen molar-refractivity contribution in [3.63, 3.8) is 0 Å². The second kappa shape index (κ2) is 10.2. The fourth-order valence-corrected chi connectivity index (χ4v) is 5.22. The first-order chi connectivity index (χ1) is 17.4. The molecule has 5 rings (SSSR count). The average molecular weight is 490 g/mol. The number of hydrazine groups is 1. The third kappa shape index (κ3) is 4.91. The molecule has 36 heavy (non-hydrogen) atoms. The van der Waals surface area contributed by atoms with Crippen molar-refractivity contribution >= 4 is 17.5 Å². The van der Waals surface area contributed by atoms with Gasteiger partial charge in [0.05, 0.1) is 13.2 Å². The van der Waals surface area contributed by atoms with Crippen LogP contribution in [0.2, 0.25) is 0 Å². The number of anilines is 1. The number of aryl methyl sites for hydroxylation is 2. The van der Waals surface area contributed by atoms with E-state index in [-0.39, 0.29) is 23.9 Å². The molecule has 0 aliphatic carbocycles. The molecule has 8 heteroatoms. The first-order valence-corrected chi connectivity index (χ1v) is 12.7. The van der Waals surface area contributed by atoms with Gasteiger partial charge < -0.3 is 24.4 Å².